The molecule has 3 rings (SSSR count). The fraction of sp³-hybridized carbons (Fsp3) is 0.273. The number of carbonyl (C=O) groups is 2. The molecule has 8 nitrogen and oxygen atoms in total. The zero-order valence-electron chi connectivity index (χ0n) is 17.9. The second-order valence-corrected chi connectivity index (χ2v) is 7.97. The van der Waals surface area contributed by atoms with Crippen molar-refractivity contribution >= 4 is 29.3 Å². The lowest BCUT2D eigenvalue weighted by Crippen LogP contribution is -2.28. The zero-order chi connectivity index (χ0) is 22.4. The van der Waals surface area contributed by atoms with Gasteiger partial charge in [0.25, 0.3) is 5.91 Å². The Bertz CT molecular complexity index is 1050. The van der Waals surface area contributed by atoms with E-state index in [9.17, 15) is 9.59 Å². The van der Waals surface area contributed by atoms with E-state index in [-0.39, 0.29) is 23.6 Å². The molecular formula is C22H25N5O3S. The number of rotatable bonds is 8. The Morgan fingerprint density at radius 2 is 1.77 bits per heavy atom. The molecule has 0 fully saturated rings. The van der Waals surface area contributed by atoms with Crippen LogP contribution in [-0.4, -0.2) is 39.4 Å². The van der Waals surface area contributed by atoms with Gasteiger partial charge in [-0.3, -0.25) is 9.59 Å². The Balaban J connectivity index is 1.56. The molecule has 0 radical (unpaired) electrons. The van der Waals surface area contributed by atoms with Crippen LogP contribution in [0.25, 0.3) is 0 Å². The van der Waals surface area contributed by atoms with Crippen molar-refractivity contribution in [3.63, 3.8) is 0 Å². The van der Waals surface area contributed by atoms with Gasteiger partial charge in [-0.15, -0.1) is 10.2 Å². The maximum atomic E-state index is 12.5. The molecule has 0 aliphatic heterocycles. The van der Waals surface area contributed by atoms with Crippen LogP contribution >= 0.6 is 11.8 Å². The predicted octanol–water partition coefficient (Wildman–Crippen LogP) is 3.35. The average molecular weight is 440 g/mol. The molecule has 2 aromatic carbocycles. The standard InChI is InChI=1S/C22H25N5O3S/c1-14-5-9-17(10-6-14)24-19(28)13-31-22-26-25-20(27(22)3)15(2)23-21(29)16-7-11-18(30-4)12-8-16/h5-12,15H,13H2,1-4H3,(H,23,29)(H,24,28). The topological polar surface area (TPSA) is 98.1 Å². The van der Waals surface area contributed by atoms with E-state index in [1.807, 2.05) is 45.2 Å². The fourth-order valence-corrected chi connectivity index (χ4v) is 3.60. The summed E-state index contributed by atoms with van der Waals surface area (Å²) < 4.78 is 6.89. The second-order valence-electron chi connectivity index (χ2n) is 7.03. The summed E-state index contributed by atoms with van der Waals surface area (Å²) in [5.41, 5.74) is 2.41. The van der Waals surface area contributed by atoms with Crippen LogP contribution in [0.2, 0.25) is 0 Å². The van der Waals surface area contributed by atoms with E-state index in [2.05, 4.69) is 20.8 Å². The van der Waals surface area contributed by atoms with Crippen LogP contribution in [0.15, 0.2) is 53.7 Å². The molecule has 3 aromatic rings. The molecule has 2 N–H and O–H groups in total. The van der Waals surface area contributed by atoms with Gasteiger partial charge in [-0.25, -0.2) is 0 Å². The van der Waals surface area contributed by atoms with Gasteiger partial charge in [0.05, 0.1) is 18.9 Å². The van der Waals surface area contributed by atoms with Gasteiger partial charge in [0, 0.05) is 18.3 Å². The number of aromatic nitrogens is 3. The van der Waals surface area contributed by atoms with Gasteiger partial charge < -0.3 is 19.9 Å². The van der Waals surface area contributed by atoms with Crippen LogP contribution in [0.3, 0.4) is 0 Å². The molecule has 9 heteroatoms. The quantitative estimate of drug-likeness (QED) is 0.523. The van der Waals surface area contributed by atoms with Crippen molar-refractivity contribution < 1.29 is 14.3 Å². The molecule has 1 unspecified atom stereocenters. The SMILES string of the molecule is COc1ccc(C(=O)NC(C)c2nnc(SCC(=O)Nc3ccc(C)cc3)n2C)cc1. The maximum Gasteiger partial charge on any atom is 0.251 e. The molecule has 0 saturated heterocycles. The number of methoxy groups -OCH3 is 1. The number of hydrogen-bond acceptors (Lipinski definition) is 6. The largest absolute Gasteiger partial charge is 0.497 e. The smallest absolute Gasteiger partial charge is 0.251 e. The Kier molecular flexibility index (Phi) is 7.30. The Morgan fingerprint density at radius 3 is 2.42 bits per heavy atom. The molecule has 0 bridgehead atoms. The van der Waals surface area contributed by atoms with Gasteiger partial charge in [-0.05, 0) is 50.2 Å². The van der Waals surface area contributed by atoms with E-state index in [1.54, 1.807) is 35.9 Å². The van der Waals surface area contributed by atoms with Gasteiger partial charge in [0.1, 0.15) is 5.75 Å². The van der Waals surface area contributed by atoms with Crippen molar-refractivity contribution in [1.29, 1.82) is 0 Å². The van der Waals surface area contributed by atoms with Gasteiger partial charge >= 0.3 is 0 Å². The number of carbonyl (C=O) groups excluding carboxylic acids is 2. The number of nitrogens with zero attached hydrogens (tertiary/aromatic N) is 3. The summed E-state index contributed by atoms with van der Waals surface area (Å²) in [7, 11) is 3.39. The molecule has 0 aliphatic rings. The lowest BCUT2D eigenvalue weighted by molar-refractivity contribution is -0.113. The summed E-state index contributed by atoms with van der Waals surface area (Å²) in [6.45, 7) is 3.83. The summed E-state index contributed by atoms with van der Waals surface area (Å²) in [5.74, 6) is 1.14. The number of ether oxygens (including phenoxy) is 1. The van der Waals surface area contributed by atoms with Crippen LogP contribution in [-0.2, 0) is 11.8 Å². The number of amides is 2. The normalized spacial score (nSPS) is 11.6. The highest BCUT2D eigenvalue weighted by Crippen LogP contribution is 2.20. The summed E-state index contributed by atoms with van der Waals surface area (Å²) in [4.78, 5) is 24.7. The van der Waals surface area contributed by atoms with E-state index in [0.29, 0.717) is 22.3 Å². The van der Waals surface area contributed by atoms with Crippen molar-refractivity contribution in [3.8, 4) is 5.75 Å². The first-order chi connectivity index (χ1) is 14.9. The number of benzene rings is 2. The minimum absolute atomic E-state index is 0.126. The third-order valence-corrected chi connectivity index (χ3v) is 5.64. The Hall–Kier alpha value is -3.33. The summed E-state index contributed by atoms with van der Waals surface area (Å²) in [6.07, 6.45) is 0. The molecule has 1 atom stereocenters. The van der Waals surface area contributed by atoms with E-state index < -0.39 is 0 Å². The van der Waals surface area contributed by atoms with Crippen LogP contribution in [0.4, 0.5) is 5.69 Å². The van der Waals surface area contributed by atoms with E-state index in [4.69, 9.17) is 4.74 Å². The highest BCUT2D eigenvalue weighted by atomic mass is 32.2. The molecule has 0 aliphatic carbocycles. The molecule has 1 heterocycles. The Morgan fingerprint density at radius 1 is 1.10 bits per heavy atom. The molecule has 31 heavy (non-hydrogen) atoms. The number of nitrogens with one attached hydrogen (secondary N) is 2. The average Bonchev–Trinajstić information content (AvgIpc) is 3.14. The van der Waals surface area contributed by atoms with Crippen molar-refractivity contribution in [2.45, 2.75) is 25.0 Å². The molecule has 162 valence electrons. The second kappa shape index (κ2) is 10.1. The molecule has 1 aromatic heterocycles. The fourth-order valence-electron chi connectivity index (χ4n) is 2.88. The van der Waals surface area contributed by atoms with Gasteiger partial charge in [0.15, 0.2) is 11.0 Å². The molecule has 0 spiro atoms. The van der Waals surface area contributed by atoms with Crippen molar-refractivity contribution in [3.05, 3.63) is 65.5 Å². The molecule has 2 amide bonds. The summed E-state index contributed by atoms with van der Waals surface area (Å²) >= 11 is 1.29. The number of aryl methyl sites for hydroxylation is 1. The summed E-state index contributed by atoms with van der Waals surface area (Å²) in [5, 5.41) is 14.7. The number of hydrogen-bond donors (Lipinski definition) is 2. The van der Waals surface area contributed by atoms with E-state index in [1.165, 1.54) is 11.8 Å². The minimum Gasteiger partial charge on any atom is -0.497 e. The van der Waals surface area contributed by atoms with Crippen LogP contribution in [0.1, 0.15) is 34.7 Å². The number of thioether (sulfide) groups is 1. The van der Waals surface area contributed by atoms with Crippen LogP contribution in [0, 0.1) is 6.92 Å². The third-order valence-electron chi connectivity index (χ3n) is 4.62. The van der Waals surface area contributed by atoms with Gasteiger partial charge in [-0.1, -0.05) is 29.5 Å². The predicted molar refractivity (Wildman–Crippen MR) is 120 cm³/mol. The number of anilines is 1. The molecular weight excluding hydrogens is 414 g/mol. The first-order valence-electron chi connectivity index (χ1n) is 9.71. The van der Waals surface area contributed by atoms with Crippen molar-refractivity contribution in [2.75, 3.05) is 18.2 Å². The Labute approximate surface area is 185 Å². The van der Waals surface area contributed by atoms with Crippen LogP contribution < -0.4 is 15.4 Å². The lowest BCUT2D eigenvalue weighted by Gasteiger charge is -2.14. The summed E-state index contributed by atoms with van der Waals surface area (Å²) in [6, 6.07) is 14.1. The van der Waals surface area contributed by atoms with Gasteiger partial charge in [0.2, 0.25) is 5.91 Å². The maximum absolute atomic E-state index is 12.5. The van der Waals surface area contributed by atoms with E-state index in [0.717, 1.165) is 11.3 Å². The lowest BCUT2D eigenvalue weighted by atomic mass is 10.2. The molecule has 0 saturated carbocycles. The first-order valence-corrected chi connectivity index (χ1v) is 10.7. The van der Waals surface area contributed by atoms with Gasteiger partial charge in [-0.2, -0.15) is 0 Å². The first kappa shape index (κ1) is 22.4. The van der Waals surface area contributed by atoms with Crippen LogP contribution in [0.5, 0.6) is 5.75 Å². The highest BCUT2D eigenvalue weighted by Gasteiger charge is 2.19. The van der Waals surface area contributed by atoms with E-state index >= 15 is 0 Å². The van der Waals surface area contributed by atoms with Crippen molar-refractivity contribution in [2.24, 2.45) is 7.05 Å². The third kappa shape index (κ3) is 5.85. The minimum atomic E-state index is -0.358. The highest BCUT2D eigenvalue weighted by molar-refractivity contribution is 7.99. The zero-order valence-corrected chi connectivity index (χ0v) is 18.7. The van der Waals surface area contributed by atoms with Crippen molar-refractivity contribution in [1.82, 2.24) is 20.1 Å². The monoisotopic (exact) mass is 439 g/mol.